The van der Waals surface area contributed by atoms with Gasteiger partial charge in [0.2, 0.25) is 0 Å². The van der Waals surface area contributed by atoms with E-state index in [4.69, 9.17) is 9.47 Å². The van der Waals surface area contributed by atoms with Crippen molar-refractivity contribution in [2.45, 2.75) is 25.5 Å². The number of nitrogens with one attached hydrogen (secondary N) is 2. The number of rotatable bonds is 7. The smallest absolute Gasteiger partial charge is 0.411 e. The van der Waals surface area contributed by atoms with Crippen molar-refractivity contribution in [3.05, 3.63) is 90.0 Å². The van der Waals surface area contributed by atoms with Gasteiger partial charge in [-0.05, 0) is 54.8 Å². The van der Waals surface area contributed by atoms with E-state index in [0.717, 1.165) is 32.5 Å². The molecule has 3 aromatic rings. The molecule has 2 N–H and O–H groups in total. The molecular weight excluding hydrogens is 430 g/mol. The maximum atomic E-state index is 12.6. The molecule has 1 heterocycles. The van der Waals surface area contributed by atoms with Gasteiger partial charge in [-0.3, -0.25) is 15.0 Å². The number of para-hydroxylation sites is 2. The van der Waals surface area contributed by atoms with Gasteiger partial charge in [0.1, 0.15) is 11.9 Å². The Hall–Kier alpha value is -3.84. The minimum atomic E-state index is -0.521. The van der Waals surface area contributed by atoms with Crippen LogP contribution in [0.1, 0.15) is 28.8 Å². The molecule has 1 aliphatic heterocycles. The fourth-order valence-electron chi connectivity index (χ4n) is 3.96. The third-order valence-electron chi connectivity index (χ3n) is 5.82. The molecule has 0 unspecified atom stereocenters. The van der Waals surface area contributed by atoms with Crippen LogP contribution in [0.3, 0.4) is 0 Å². The number of methoxy groups -OCH3 is 1. The van der Waals surface area contributed by atoms with Crippen LogP contribution in [0.5, 0.6) is 5.75 Å². The van der Waals surface area contributed by atoms with E-state index in [9.17, 15) is 9.59 Å². The Morgan fingerprint density at radius 1 is 0.853 bits per heavy atom. The normalized spacial score (nSPS) is 14.3. The molecule has 0 bridgehead atoms. The summed E-state index contributed by atoms with van der Waals surface area (Å²) in [5, 5.41) is 5.62. The third kappa shape index (κ3) is 6.36. The molecule has 3 aromatic carbocycles. The Morgan fingerprint density at radius 3 is 2.12 bits per heavy atom. The van der Waals surface area contributed by atoms with E-state index >= 15 is 0 Å². The number of nitrogens with zero attached hydrogens (tertiary/aromatic N) is 1. The summed E-state index contributed by atoms with van der Waals surface area (Å²) in [6.45, 7) is 2.66. The largest absolute Gasteiger partial charge is 0.497 e. The fraction of sp³-hybridized carbons (Fsp3) is 0.259. The first-order chi connectivity index (χ1) is 16.6. The highest BCUT2D eigenvalue weighted by atomic mass is 16.6. The number of anilines is 2. The van der Waals surface area contributed by atoms with Gasteiger partial charge in [-0.25, -0.2) is 4.79 Å². The van der Waals surface area contributed by atoms with Crippen molar-refractivity contribution in [1.29, 1.82) is 0 Å². The Kier molecular flexibility index (Phi) is 7.78. The van der Waals surface area contributed by atoms with E-state index in [1.807, 2.05) is 18.2 Å². The maximum Gasteiger partial charge on any atom is 0.411 e. The topological polar surface area (TPSA) is 79.9 Å². The van der Waals surface area contributed by atoms with Gasteiger partial charge in [0.25, 0.3) is 5.91 Å². The summed E-state index contributed by atoms with van der Waals surface area (Å²) < 4.78 is 10.8. The van der Waals surface area contributed by atoms with E-state index in [2.05, 4.69) is 27.7 Å². The van der Waals surface area contributed by atoms with Crippen LogP contribution in [0.25, 0.3) is 0 Å². The van der Waals surface area contributed by atoms with Gasteiger partial charge in [0.05, 0.1) is 18.5 Å². The SMILES string of the molecule is COc1ccc(C(=O)Nc2ccccc2NC(=O)OC2CCN(Cc3ccccc3)CC2)cc1. The van der Waals surface area contributed by atoms with Crippen molar-refractivity contribution in [2.24, 2.45) is 0 Å². The zero-order chi connectivity index (χ0) is 23.8. The zero-order valence-corrected chi connectivity index (χ0v) is 19.2. The van der Waals surface area contributed by atoms with Gasteiger partial charge in [0.15, 0.2) is 0 Å². The van der Waals surface area contributed by atoms with E-state index in [1.165, 1.54) is 5.56 Å². The molecule has 0 spiro atoms. The van der Waals surface area contributed by atoms with Gasteiger partial charge >= 0.3 is 6.09 Å². The van der Waals surface area contributed by atoms with Gasteiger partial charge < -0.3 is 14.8 Å². The summed E-state index contributed by atoms with van der Waals surface area (Å²) in [4.78, 5) is 27.6. The summed E-state index contributed by atoms with van der Waals surface area (Å²) in [5.41, 5.74) is 2.75. The van der Waals surface area contributed by atoms with Crippen LogP contribution in [0.2, 0.25) is 0 Å². The number of hydrogen-bond donors (Lipinski definition) is 2. The molecule has 2 amide bonds. The number of carbonyl (C=O) groups excluding carboxylic acids is 2. The molecule has 0 aromatic heterocycles. The zero-order valence-electron chi connectivity index (χ0n) is 19.2. The molecule has 1 saturated heterocycles. The Morgan fingerprint density at radius 2 is 1.47 bits per heavy atom. The van der Waals surface area contributed by atoms with Gasteiger partial charge in [0, 0.05) is 25.2 Å². The van der Waals surface area contributed by atoms with Crippen LogP contribution in [0.4, 0.5) is 16.2 Å². The standard InChI is InChI=1S/C27H29N3O4/c1-33-22-13-11-21(12-14-22)26(31)28-24-9-5-6-10-25(24)29-27(32)34-23-15-17-30(18-16-23)19-20-7-3-2-4-8-20/h2-14,23H,15-19H2,1H3,(H,28,31)(H,29,32). The van der Waals surface area contributed by atoms with Gasteiger partial charge in [-0.2, -0.15) is 0 Å². The number of benzene rings is 3. The summed E-state index contributed by atoms with van der Waals surface area (Å²) in [6, 6.07) is 24.2. The third-order valence-corrected chi connectivity index (χ3v) is 5.82. The molecule has 0 atom stereocenters. The lowest BCUT2D eigenvalue weighted by Gasteiger charge is -2.31. The molecule has 1 fully saturated rings. The lowest BCUT2D eigenvalue weighted by Crippen LogP contribution is -2.38. The van der Waals surface area contributed by atoms with Crippen LogP contribution in [0.15, 0.2) is 78.9 Å². The summed E-state index contributed by atoms with van der Waals surface area (Å²) in [6.07, 6.45) is 0.924. The van der Waals surface area contributed by atoms with Crippen LogP contribution in [0, 0.1) is 0 Å². The summed E-state index contributed by atoms with van der Waals surface area (Å²) in [7, 11) is 1.57. The molecule has 0 radical (unpaired) electrons. The lowest BCUT2D eigenvalue weighted by atomic mass is 10.1. The highest BCUT2D eigenvalue weighted by molar-refractivity contribution is 6.06. The van der Waals surface area contributed by atoms with Crippen molar-refractivity contribution in [1.82, 2.24) is 4.90 Å². The highest BCUT2D eigenvalue weighted by Crippen LogP contribution is 2.23. The molecule has 7 nitrogen and oxygen atoms in total. The van der Waals surface area contributed by atoms with Crippen LogP contribution in [-0.4, -0.2) is 43.2 Å². The average molecular weight is 460 g/mol. The molecule has 7 heteroatoms. The molecule has 0 aliphatic carbocycles. The first-order valence-electron chi connectivity index (χ1n) is 11.4. The number of likely N-dealkylation sites (tertiary alicyclic amines) is 1. The van der Waals surface area contributed by atoms with E-state index in [-0.39, 0.29) is 12.0 Å². The first-order valence-corrected chi connectivity index (χ1v) is 11.4. The van der Waals surface area contributed by atoms with E-state index < -0.39 is 6.09 Å². The average Bonchev–Trinajstić information content (AvgIpc) is 2.87. The molecule has 0 saturated carbocycles. The van der Waals surface area contributed by atoms with Gasteiger partial charge in [-0.1, -0.05) is 42.5 Å². The minimum Gasteiger partial charge on any atom is -0.497 e. The second-order valence-electron chi connectivity index (χ2n) is 8.22. The number of ether oxygens (including phenoxy) is 2. The predicted molar refractivity (Wildman–Crippen MR) is 132 cm³/mol. The Balaban J connectivity index is 1.28. The second-order valence-corrected chi connectivity index (χ2v) is 8.22. The Labute approximate surface area is 199 Å². The number of piperidine rings is 1. The predicted octanol–water partition coefficient (Wildman–Crippen LogP) is 5.16. The van der Waals surface area contributed by atoms with Crippen molar-refractivity contribution < 1.29 is 19.1 Å². The number of amides is 2. The van der Waals surface area contributed by atoms with E-state index in [0.29, 0.717) is 22.7 Å². The Bertz CT molecular complexity index is 1090. The first kappa shape index (κ1) is 23.3. The maximum absolute atomic E-state index is 12.6. The molecule has 176 valence electrons. The molecule has 1 aliphatic rings. The van der Waals surface area contributed by atoms with Gasteiger partial charge in [-0.15, -0.1) is 0 Å². The monoisotopic (exact) mass is 459 g/mol. The van der Waals surface area contributed by atoms with Crippen molar-refractivity contribution in [3.8, 4) is 5.75 Å². The molecule has 34 heavy (non-hydrogen) atoms. The van der Waals surface area contributed by atoms with Crippen molar-refractivity contribution in [3.63, 3.8) is 0 Å². The fourth-order valence-corrected chi connectivity index (χ4v) is 3.96. The quantitative estimate of drug-likeness (QED) is 0.510. The van der Waals surface area contributed by atoms with Crippen molar-refractivity contribution >= 4 is 23.4 Å². The van der Waals surface area contributed by atoms with E-state index in [1.54, 1.807) is 55.6 Å². The molecular formula is C27H29N3O4. The van der Waals surface area contributed by atoms with Crippen LogP contribution >= 0.6 is 0 Å². The van der Waals surface area contributed by atoms with Crippen molar-refractivity contribution in [2.75, 3.05) is 30.8 Å². The minimum absolute atomic E-state index is 0.131. The number of hydrogen-bond acceptors (Lipinski definition) is 5. The van der Waals surface area contributed by atoms with Crippen LogP contribution in [-0.2, 0) is 11.3 Å². The summed E-state index contributed by atoms with van der Waals surface area (Å²) in [5.74, 6) is 0.392. The second kappa shape index (κ2) is 11.3. The summed E-state index contributed by atoms with van der Waals surface area (Å²) >= 11 is 0. The number of carbonyl (C=O) groups is 2. The van der Waals surface area contributed by atoms with Crippen LogP contribution < -0.4 is 15.4 Å². The lowest BCUT2D eigenvalue weighted by molar-refractivity contribution is 0.0567. The highest BCUT2D eigenvalue weighted by Gasteiger charge is 2.23. The molecule has 4 rings (SSSR count).